The summed E-state index contributed by atoms with van der Waals surface area (Å²) in [5.74, 6) is -1.84. The van der Waals surface area contributed by atoms with Crippen LogP contribution in [0.15, 0.2) is 122 Å². The largest absolute Gasteiger partial charge is 0.480 e. The van der Waals surface area contributed by atoms with Crippen molar-refractivity contribution in [3.63, 3.8) is 0 Å². The average molecular weight is 870 g/mol. The van der Waals surface area contributed by atoms with Crippen LogP contribution in [0.3, 0.4) is 0 Å². The highest BCUT2D eigenvalue weighted by molar-refractivity contribution is 7.47. The summed E-state index contributed by atoms with van der Waals surface area (Å²) in [7, 11) is -4.65. The molecule has 0 saturated carbocycles. The topological polar surface area (TPSA) is 155 Å². The quantitative estimate of drug-likeness (QED) is 0.0234. The Morgan fingerprint density at radius 1 is 0.525 bits per heavy atom. The molecule has 10 nitrogen and oxygen atoms in total. The molecule has 0 radical (unpaired) electrons. The van der Waals surface area contributed by atoms with Gasteiger partial charge in [-0.15, -0.1) is 0 Å². The van der Waals surface area contributed by atoms with Crippen LogP contribution >= 0.6 is 7.82 Å². The Bertz CT molecular complexity index is 1420. The van der Waals surface area contributed by atoms with E-state index in [9.17, 15) is 19.0 Å². The molecule has 0 aliphatic carbocycles. The maximum absolute atomic E-state index is 12.6. The third-order valence-corrected chi connectivity index (χ3v) is 9.69. The molecule has 0 saturated heterocycles. The summed E-state index contributed by atoms with van der Waals surface area (Å²) in [4.78, 5) is 33.6. The van der Waals surface area contributed by atoms with E-state index in [1.165, 1.54) is 0 Å². The van der Waals surface area contributed by atoms with Crippen LogP contribution in [0, 0.1) is 0 Å². The van der Waals surface area contributed by atoms with Gasteiger partial charge in [0, 0.05) is 13.0 Å². The number of carboxylic acid groups (broad SMARTS) is 1. The van der Waals surface area contributed by atoms with Crippen LogP contribution in [0.2, 0.25) is 0 Å². The van der Waals surface area contributed by atoms with Crippen molar-refractivity contribution < 1.29 is 42.7 Å². The Balaban J connectivity index is 4.38. The van der Waals surface area contributed by atoms with E-state index in [2.05, 4.69) is 135 Å². The summed E-state index contributed by atoms with van der Waals surface area (Å²) in [5.41, 5.74) is 5.36. The van der Waals surface area contributed by atoms with Gasteiger partial charge in [0.2, 0.25) is 0 Å². The fraction of sp³-hybridized carbons (Fsp3) is 0.560. The second-order valence-corrected chi connectivity index (χ2v) is 15.9. The van der Waals surface area contributed by atoms with E-state index in [0.29, 0.717) is 13.0 Å². The van der Waals surface area contributed by atoms with E-state index in [4.69, 9.17) is 29.4 Å². The van der Waals surface area contributed by atoms with Gasteiger partial charge in [-0.3, -0.25) is 18.6 Å². The molecule has 3 atom stereocenters. The van der Waals surface area contributed by atoms with E-state index in [1.807, 2.05) is 0 Å². The number of unbranched alkanes of at least 4 members (excludes halogenated alkanes) is 7. The molecule has 0 spiro atoms. The number of carbonyl (C=O) groups is 2. The highest BCUT2D eigenvalue weighted by atomic mass is 31.2. The first-order chi connectivity index (χ1) is 29.7. The normalized spacial score (nSPS) is 15.0. The van der Waals surface area contributed by atoms with Crippen LogP contribution in [0.5, 0.6) is 0 Å². The van der Waals surface area contributed by atoms with Gasteiger partial charge in [-0.1, -0.05) is 155 Å². The number of rotatable bonds is 41. The lowest BCUT2D eigenvalue weighted by molar-refractivity contribution is -0.154. The molecule has 11 heteroatoms. The van der Waals surface area contributed by atoms with E-state index >= 15 is 0 Å². The van der Waals surface area contributed by atoms with Gasteiger partial charge in [-0.25, -0.2) is 4.57 Å². The predicted molar refractivity (Wildman–Crippen MR) is 253 cm³/mol. The Kier molecular flexibility index (Phi) is 41.8. The maximum atomic E-state index is 12.6. The van der Waals surface area contributed by atoms with Gasteiger partial charge in [0.25, 0.3) is 0 Å². The zero-order valence-corrected chi connectivity index (χ0v) is 38.3. The van der Waals surface area contributed by atoms with Crippen LogP contribution in [-0.4, -0.2) is 60.5 Å². The summed E-state index contributed by atoms with van der Waals surface area (Å²) < 4.78 is 33.3. The van der Waals surface area contributed by atoms with Gasteiger partial charge in [0.15, 0.2) is 0 Å². The third-order valence-electron chi connectivity index (χ3n) is 8.74. The minimum Gasteiger partial charge on any atom is -0.480 e. The number of aliphatic carboxylic acids is 1. The van der Waals surface area contributed by atoms with Gasteiger partial charge in [-0.2, -0.15) is 0 Å². The van der Waals surface area contributed by atoms with Crippen molar-refractivity contribution >= 4 is 19.8 Å². The van der Waals surface area contributed by atoms with Gasteiger partial charge in [0.1, 0.15) is 12.1 Å². The van der Waals surface area contributed by atoms with Crippen LogP contribution in [0.4, 0.5) is 0 Å². The molecule has 61 heavy (non-hydrogen) atoms. The number of nitrogens with two attached hydrogens (primary N) is 1. The van der Waals surface area contributed by atoms with Crippen LogP contribution < -0.4 is 5.73 Å². The predicted octanol–water partition coefficient (Wildman–Crippen LogP) is 12.9. The van der Waals surface area contributed by atoms with Crippen LogP contribution in [-0.2, 0) is 32.7 Å². The number of phosphoric ester groups is 1. The average Bonchev–Trinajstić information content (AvgIpc) is 3.24. The van der Waals surface area contributed by atoms with Crippen molar-refractivity contribution in [1.82, 2.24) is 0 Å². The Labute approximate surface area is 369 Å². The minimum absolute atomic E-state index is 0.0233. The second-order valence-electron chi connectivity index (χ2n) is 14.4. The van der Waals surface area contributed by atoms with E-state index in [1.54, 1.807) is 0 Å². The fourth-order valence-corrected chi connectivity index (χ4v) is 6.08. The van der Waals surface area contributed by atoms with Crippen molar-refractivity contribution in [1.29, 1.82) is 0 Å². The van der Waals surface area contributed by atoms with Crippen molar-refractivity contribution in [3.05, 3.63) is 122 Å². The summed E-state index contributed by atoms with van der Waals surface area (Å²) >= 11 is 0. The lowest BCUT2D eigenvalue weighted by Gasteiger charge is -2.20. The molecule has 344 valence electrons. The summed E-state index contributed by atoms with van der Waals surface area (Å²) in [5, 5.41) is 8.91. The SMILES string of the molecule is CC/C=C\C/C=C\C/C=C\C/C=C\C/C=C\CCCCCCOCC(COP(=O)(O)OCC(N)C(=O)O)OC(=O)CCCCC/C=C\C/C=C\C/C=C\C/C=C\C/C=C\CC. The molecule has 0 aromatic carbocycles. The molecule has 0 aliphatic heterocycles. The van der Waals surface area contributed by atoms with Gasteiger partial charge in [-0.05, 0) is 103 Å². The lowest BCUT2D eigenvalue weighted by atomic mass is 10.1. The molecule has 0 aromatic rings. The number of esters is 1. The molecule has 4 N–H and O–H groups in total. The van der Waals surface area contributed by atoms with Crippen LogP contribution in [0.1, 0.15) is 142 Å². The van der Waals surface area contributed by atoms with E-state index in [-0.39, 0.29) is 13.0 Å². The third kappa shape index (κ3) is 44.2. The van der Waals surface area contributed by atoms with Crippen molar-refractivity contribution in [3.8, 4) is 0 Å². The van der Waals surface area contributed by atoms with E-state index < -0.39 is 45.1 Å². The standard InChI is InChI=1S/C50H80NO9P/c1-3-5-7-9-11-13-15-17-19-21-23-25-27-29-31-33-35-37-39-41-43-57-44-47(45-58-61(55,56)59-46-48(51)50(53)54)60-49(52)42-40-38-36-34-32-30-28-26-24-22-20-18-16-14-12-10-8-6-4-2/h5-8,11-14,17-20,23-26,29-32,47-48H,3-4,9-10,15-16,21-22,27-28,33-46,51H2,1-2H3,(H,53,54)(H,55,56)/b7-5-,8-6-,13-11-,14-12-,19-17-,20-18-,25-23-,26-24-,31-29-,32-30-. The maximum Gasteiger partial charge on any atom is 0.472 e. The molecule has 0 heterocycles. The molecule has 0 aliphatic rings. The lowest BCUT2D eigenvalue weighted by Crippen LogP contribution is -2.34. The number of phosphoric acid groups is 1. The molecule has 0 amide bonds. The first-order valence-electron chi connectivity index (χ1n) is 22.6. The van der Waals surface area contributed by atoms with Crippen LogP contribution in [0.25, 0.3) is 0 Å². The highest BCUT2D eigenvalue weighted by Gasteiger charge is 2.27. The molecular formula is C50H80NO9P. The molecule has 0 bridgehead atoms. The Hall–Kier alpha value is -3.63. The Morgan fingerprint density at radius 3 is 1.33 bits per heavy atom. The molecule has 0 rings (SSSR count). The van der Waals surface area contributed by atoms with Gasteiger partial charge in [0.05, 0.1) is 19.8 Å². The Morgan fingerprint density at radius 2 is 0.902 bits per heavy atom. The number of ether oxygens (including phenoxy) is 2. The number of hydrogen-bond donors (Lipinski definition) is 3. The molecular weight excluding hydrogens is 790 g/mol. The number of allylic oxidation sites excluding steroid dienone is 20. The first-order valence-corrected chi connectivity index (χ1v) is 24.1. The zero-order chi connectivity index (χ0) is 44.8. The summed E-state index contributed by atoms with van der Waals surface area (Å²) in [6.07, 6.45) is 61.1. The number of carbonyl (C=O) groups excluding carboxylic acids is 1. The highest BCUT2D eigenvalue weighted by Crippen LogP contribution is 2.43. The first kappa shape index (κ1) is 57.4. The van der Waals surface area contributed by atoms with Gasteiger partial charge >= 0.3 is 19.8 Å². The monoisotopic (exact) mass is 870 g/mol. The van der Waals surface area contributed by atoms with E-state index in [0.717, 1.165) is 116 Å². The smallest absolute Gasteiger partial charge is 0.472 e. The number of hydrogen-bond acceptors (Lipinski definition) is 8. The molecule has 0 aromatic heterocycles. The molecule has 3 unspecified atom stereocenters. The number of carboxylic acids is 1. The van der Waals surface area contributed by atoms with Crippen molar-refractivity contribution in [2.45, 2.75) is 154 Å². The van der Waals surface area contributed by atoms with Crippen molar-refractivity contribution in [2.24, 2.45) is 5.73 Å². The summed E-state index contributed by atoms with van der Waals surface area (Å²) in [6, 6.07) is -1.49. The fourth-order valence-electron chi connectivity index (χ4n) is 5.30. The second kappa shape index (κ2) is 44.4. The zero-order valence-electron chi connectivity index (χ0n) is 37.4. The molecule has 0 fully saturated rings. The van der Waals surface area contributed by atoms with Crippen molar-refractivity contribution in [2.75, 3.05) is 26.4 Å². The van der Waals surface area contributed by atoms with Gasteiger partial charge < -0.3 is 25.2 Å². The summed E-state index contributed by atoms with van der Waals surface area (Å²) in [6.45, 7) is 3.52. The minimum atomic E-state index is -4.65.